The van der Waals surface area contributed by atoms with Gasteiger partial charge in [-0.3, -0.25) is 38.6 Å². The number of H-pyrrole nitrogens is 1. The smallest absolute Gasteiger partial charge is 0.260 e. The third-order valence-corrected chi connectivity index (χ3v) is 7.57. The number of nitrogens with one attached hydrogen (secondary N) is 6. The molecule has 1 aromatic rings. The predicted octanol–water partition coefficient (Wildman–Crippen LogP) is -1.28. The molecule has 12 N–H and O–H groups in total. The molecule has 5 atom stereocenters. The van der Waals surface area contributed by atoms with Crippen LogP contribution in [-0.2, 0) is 24.0 Å². The Morgan fingerprint density at radius 3 is 1.98 bits per heavy atom. The standard InChI is InChI=1S/C32H54N10O7/c1-7-19(6)25(42-30(48)23(15-18(4)5)41-28(46)20-10-8-12-36-27(20)45)31(49)38-16-24(43)39-21(11-9-13-37-32(34)35)29(47)40-22(26(33)44)14-17(2)3/h8,10,12,17-19,21-23,25H,7,9,11,13-16H2,1-6H3,(H2,33,44)(H,36,45)(H,38,49)(H,39,43)(H,40,47)(H,41,46)(H,42,48)(H4,34,35,37)/t19-,21-,22-,23-,25-/m0/s1. The first-order valence-electron chi connectivity index (χ1n) is 16.5. The van der Waals surface area contributed by atoms with Crippen LogP contribution in [0.5, 0.6) is 0 Å². The quantitative estimate of drug-likeness (QED) is 0.0421. The molecule has 0 radical (unpaired) electrons. The molecule has 17 nitrogen and oxygen atoms in total. The van der Waals surface area contributed by atoms with Crippen molar-refractivity contribution >= 4 is 41.4 Å². The first kappa shape index (κ1) is 42.1. The van der Waals surface area contributed by atoms with Crippen molar-refractivity contribution in [2.75, 3.05) is 13.1 Å². The second-order valence-electron chi connectivity index (χ2n) is 12.8. The summed E-state index contributed by atoms with van der Waals surface area (Å²) in [5, 5.41) is 12.9. The molecular formula is C32H54N10O7. The van der Waals surface area contributed by atoms with Crippen LogP contribution in [0.1, 0.15) is 84.0 Å². The van der Waals surface area contributed by atoms with Crippen LogP contribution in [0.15, 0.2) is 28.1 Å². The number of nitrogens with two attached hydrogens (primary N) is 3. The summed E-state index contributed by atoms with van der Waals surface area (Å²) in [6.07, 6.45) is 2.80. The Kier molecular flexibility index (Phi) is 18.1. The zero-order valence-corrected chi connectivity index (χ0v) is 29.3. The summed E-state index contributed by atoms with van der Waals surface area (Å²) in [6, 6.07) is -1.38. The average Bonchev–Trinajstić information content (AvgIpc) is 3.02. The summed E-state index contributed by atoms with van der Waals surface area (Å²) < 4.78 is 0. The number of carbonyl (C=O) groups is 6. The number of rotatable bonds is 21. The van der Waals surface area contributed by atoms with Crippen LogP contribution in [0.4, 0.5) is 0 Å². The molecule has 0 saturated heterocycles. The van der Waals surface area contributed by atoms with E-state index in [9.17, 15) is 33.6 Å². The maximum Gasteiger partial charge on any atom is 0.260 e. The van der Waals surface area contributed by atoms with Crippen molar-refractivity contribution < 1.29 is 28.8 Å². The maximum absolute atomic E-state index is 13.4. The zero-order chi connectivity index (χ0) is 37.3. The van der Waals surface area contributed by atoms with Crippen LogP contribution in [0.3, 0.4) is 0 Å². The minimum absolute atomic E-state index is 0.0297. The number of hydrogen-bond acceptors (Lipinski definition) is 8. The van der Waals surface area contributed by atoms with E-state index in [-0.39, 0.29) is 48.7 Å². The third-order valence-electron chi connectivity index (χ3n) is 7.57. The van der Waals surface area contributed by atoms with Crippen molar-refractivity contribution in [2.24, 2.45) is 39.9 Å². The van der Waals surface area contributed by atoms with Gasteiger partial charge >= 0.3 is 0 Å². The fourth-order valence-corrected chi connectivity index (χ4v) is 4.78. The van der Waals surface area contributed by atoms with Crippen molar-refractivity contribution in [3.8, 4) is 0 Å². The van der Waals surface area contributed by atoms with Crippen LogP contribution >= 0.6 is 0 Å². The molecule has 17 heteroatoms. The Balaban J connectivity index is 3.04. The maximum atomic E-state index is 13.4. The van der Waals surface area contributed by atoms with Gasteiger partial charge in [-0.15, -0.1) is 0 Å². The molecular weight excluding hydrogens is 636 g/mol. The summed E-state index contributed by atoms with van der Waals surface area (Å²) in [6.45, 7) is 10.6. The number of hydrogen-bond donors (Lipinski definition) is 9. The number of aromatic nitrogens is 1. The molecule has 0 aliphatic heterocycles. The van der Waals surface area contributed by atoms with E-state index in [4.69, 9.17) is 17.2 Å². The fraction of sp³-hybridized carbons (Fsp3) is 0.625. The fourth-order valence-electron chi connectivity index (χ4n) is 4.78. The van der Waals surface area contributed by atoms with Crippen LogP contribution in [0.25, 0.3) is 0 Å². The van der Waals surface area contributed by atoms with Gasteiger partial charge in [0.05, 0.1) is 6.54 Å². The van der Waals surface area contributed by atoms with Crippen molar-refractivity contribution in [2.45, 2.75) is 97.8 Å². The summed E-state index contributed by atoms with van der Waals surface area (Å²) in [7, 11) is 0. The lowest BCUT2D eigenvalue weighted by molar-refractivity contribution is -0.133. The largest absolute Gasteiger partial charge is 0.370 e. The van der Waals surface area contributed by atoms with E-state index in [1.807, 2.05) is 34.6 Å². The summed E-state index contributed by atoms with van der Waals surface area (Å²) in [4.78, 5) is 96.0. The Hall–Kier alpha value is -4.96. The van der Waals surface area contributed by atoms with E-state index in [2.05, 4.69) is 36.6 Å². The van der Waals surface area contributed by atoms with E-state index in [0.717, 1.165) is 0 Å². The SMILES string of the molecule is CC[C@H](C)[C@H](NC(=O)[C@H](CC(C)C)NC(=O)c1ccc[nH]c1=O)C(=O)NCC(=O)N[C@@H](CCCN=C(N)N)C(=O)N[C@@H](CC(C)C)C(N)=O. The van der Waals surface area contributed by atoms with Gasteiger partial charge < -0.3 is 48.8 Å². The molecule has 1 heterocycles. The van der Waals surface area contributed by atoms with Gasteiger partial charge in [-0.05, 0) is 55.6 Å². The number of aromatic amines is 1. The van der Waals surface area contributed by atoms with Crippen molar-refractivity contribution in [3.05, 3.63) is 34.2 Å². The molecule has 0 aliphatic rings. The highest BCUT2D eigenvalue weighted by Gasteiger charge is 2.31. The highest BCUT2D eigenvalue weighted by Crippen LogP contribution is 2.12. The van der Waals surface area contributed by atoms with Gasteiger partial charge in [0.15, 0.2) is 5.96 Å². The van der Waals surface area contributed by atoms with Crippen LogP contribution in [0.2, 0.25) is 0 Å². The Labute approximate surface area is 286 Å². The molecule has 1 rings (SSSR count). The summed E-state index contributed by atoms with van der Waals surface area (Å²) in [5.41, 5.74) is 15.4. The van der Waals surface area contributed by atoms with Crippen LogP contribution in [-0.4, -0.2) is 83.6 Å². The second-order valence-corrected chi connectivity index (χ2v) is 12.8. The minimum atomic E-state index is -1.10. The second kappa shape index (κ2) is 21.1. The molecule has 0 unspecified atom stereocenters. The predicted molar refractivity (Wildman–Crippen MR) is 185 cm³/mol. The molecule has 0 bridgehead atoms. The molecule has 0 spiro atoms. The lowest BCUT2D eigenvalue weighted by Crippen LogP contribution is -2.57. The molecule has 0 saturated carbocycles. The van der Waals surface area contributed by atoms with E-state index in [0.29, 0.717) is 19.3 Å². The normalized spacial score (nSPS) is 14.0. The Morgan fingerprint density at radius 1 is 0.816 bits per heavy atom. The van der Waals surface area contributed by atoms with Crippen molar-refractivity contribution in [3.63, 3.8) is 0 Å². The number of pyridine rings is 1. The molecule has 0 aromatic carbocycles. The van der Waals surface area contributed by atoms with Gasteiger partial charge in [-0.1, -0.05) is 48.0 Å². The average molecular weight is 691 g/mol. The molecule has 49 heavy (non-hydrogen) atoms. The number of amides is 6. The first-order chi connectivity index (χ1) is 23.0. The third kappa shape index (κ3) is 15.7. The van der Waals surface area contributed by atoms with Gasteiger partial charge in [0, 0.05) is 12.7 Å². The van der Waals surface area contributed by atoms with E-state index in [1.54, 1.807) is 6.92 Å². The molecule has 0 aliphatic carbocycles. The highest BCUT2D eigenvalue weighted by atomic mass is 16.2. The van der Waals surface area contributed by atoms with Crippen molar-refractivity contribution in [1.29, 1.82) is 0 Å². The number of nitrogens with zero attached hydrogens (tertiary/aromatic N) is 1. The van der Waals surface area contributed by atoms with Crippen LogP contribution < -0.4 is 49.3 Å². The number of carbonyl (C=O) groups excluding carboxylic acids is 6. The minimum Gasteiger partial charge on any atom is -0.370 e. The van der Waals surface area contributed by atoms with Gasteiger partial charge in [-0.25, -0.2) is 0 Å². The van der Waals surface area contributed by atoms with Crippen LogP contribution in [0, 0.1) is 17.8 Å². The number of guanidine groups is 1. The van der Waals surface area contributed by atoms with Gasteiger partial charge in [-0.2, -0.15) is 0 Å². The lowest BCUT2D eigenvalue weighted by atomic mass is 9.96. The van der Waals surface area contributed by atoms with E-state index in [1.165, 1.54) is 18.3 Å². The molecule has 1 aromatic heterocycles. The first-order valence-corrected chi connectivity index (χ1v) is 16.5. The zero-order valence-electron chi connectivity index (χ0n) is 29.3. The number of aliphatic imine (C=N–C) groups is 1. The number of primary amides is 1. The molecule has 0 fully saturated rings. The lowest BCUT2D eigenvalue weighted by Gasteiger charge is -2.27. The van der Waals surface area contributed by atoms with Gasteiger partial charge in [0.1, 0.15) is 29.7 Å². The Morgan fingerprint density at radius 2 is 1.43 bits per heavy atom. The van der Waals surface area contributed by atoms with E-state index < -0.39 is 71.7 Å². The molecule has 6 amide bonds. The topological polar surface area (TPSA) is 286 Å². The van der Waals surface area contributed by atoms with Crippen molar-refractivity contribution in [1.82, 2.24) is 31.6 Å². The summed E-state index contributed by atoms with van der Waals surface area (Å²) >= 11 is 0. The van der Waals surface area contributed by atoms with Gasteiger partial charge in [0.2, 0.25) is 29.5 Å². The molecule has 274 valence electrons. The monoisotopic (exact) mass is 690 g/mol. The van der Waals surface area contributed by atoms with E-state index >= 15 is 0 Å². The Bertz CT molecular complexity index is 1370. The van der Waals surface area contributed by atoms with Gasteiger partial charge in [0.25, 0.3) is 11.5 Å². The summed E-state index contributed by atoms with van der Waals surface area (Å²) in [5.74, 6) is -4.60. The highest BCUT2D eigenvalue weighted by molar-refractivity contribution is 5.98.